The Morgan fingerprint density at radius 2 is 0.917 bits per heavy atom. The van der Waals surface area contributed by atoms with Crippen LogP contribution in [0.2, 0.25) is 0 Å². The van der Waals surface area contributed by atoms with Gasteiger partial charge in [0.25, 0.3) is 0 Å². The van der Waals surface area contributed by atoms with Gasteiger partial charge in [-0.3, -0.25) is 0 Å². The molecule has 0 aliphatic rings. The molecule has 0 fully saturated rings. The van der Waals surface area contributed by atoms with E-state index in [9.17, 15) is 0 Å². The largest absolute Gasteiger partial charge is 0.0651 e. The molecule has 2 aromatic rings. The third-order valence-corrected chi connectivity index (χ3v) is 8.87. The van der Waals surface area contributed by atoms with Crippen LogP contribution in [0.25, 0.3) is 11.1 Å². The molecule has 0 saturated heterocycles. The summed E-state index contributed by atoms with van der Waals surface area (Å²) >= 11 is 15.5. The maximum Gasteiger partial charge on any atom is 0.0300 e. The van der Waals surface area contributed by atoms with E-state index in [1.54, 1.807) is 0 Å². The highest BCUT2D eigenvalue weighted by atomic mass is 79.9. The molecule has 0 aliphatic carbocycles. The van der Waals surface area contributed by atoms with Gasteiger partial charge in [0.2, 0.25) is 0 Å². The molecule has 0 heterocycles. The minimum absolute atomic E-state index is 1.08. The van der Waals surface area contributed by atoms with Crippen molar-refractivity contribution in [2.24, 2.45) is 0 Å². The van der Waals surface area contributed by atoms with Gasteiger partial charge in [0.05, 0.1) is 0 Å². The van der Waals surface area contributed by atoms with Crippen molar-refractivity contribution < 1.29 is 0 Å². The van der Waals surface area contributed by atoms with E-state index >= 15 is 0 Å². The topological polar surface area (TPSA) is 0 Å². The molecule has 2 aromatic carbocycles. The fourth-order valence-electron chi connectivity index (χ4n) is 3.06. The van der Waals surface area contributed by atoms with E-state index in [4.69, 9.17) is 0 Å². The Hall–Kier alpha value is 0.360. The van der Waals surface area contributed by atoms with Crippen LogP contribution in [0.1, 0.15) is 46.7 Å². The van der Waals surface area contributed by atoms with E-state index in [-0.39, 0.29) is 0 Å². The molecule has 0 N–H and O–H groups in total. The lowest BCUT2D eigenvalue weighted by molar-refractivity contribution is 0.904. The van der Waals surface area contributed by atoms with Crippen LogP contribution in [0.15, 0.2) is 17.9 Å². The first-order chi connectivity index (χ1) is 11.1. The van der Waals surface area contributed by atoms with E-state index in [2.05, 4.69) is 105 Å². The van der Waals surface area contributed by atoms with E-state index in [1.165, 1.54) is 49.0 Å². The van der Waals surface area contributed by atoms with E-state index in [0.717, 1.165) is 26.3 Å². The summed E-state index contributed by atoms with van der Waals surface area (Å²) in [4.78, 5) is 0. The van der Waals surface area contributed by atoms with E-state index in [1.807, 2.05) is 0 Å². The second kappa shape index (κ2) is 7.94. The minimum Gasteiger partial charge on any atom is -0.0651 e. The van der Waals surface area contributed by atoms with Gasteiger partial charge in [-0.25, -0.2) is 0 Å². The maximum atomic E-state index is 3.92. The molecule has 0 nitrogen and oxygen atoms in total. The molecule has 2 rings (SSSR count). The first-order valence-corrected chi connectivity index (χ1v) is 11.2. The van der Waals surface area contributed by atoms with Gasteiger partial charge < -0.3 is 0 Å². The number of halogens is 4. The zero-order chi connectivity index (χ0) is 18.3. The standard InChI is InChI=1S/C20H22Br4/c1-7-8-14-10(3)13(6)19(23)16(20(14)24)15-17(21)11(4)9(2)12(5)18(15)22/h7-8H2,1-6H3. The molecule has 0 unspecified atom stereocenters. The SMILES string of the molecule is CCCc1c(C)c(C)c(Br)c(-c2c(Br)c(C)c(C)c(C)c2Br)c1Br. The fraction of sp³-hybridized carbons (Fsp3) is 0.400. The Bertz CT molecular complexity index is 791. The van der Waals surface area contributed by atoms with Gasteiger partial charge in [0, 0.05) is 29.0 Å². The summed E-state index contributed by atoms with van der Waals surface area (Å²) in [5, 5.41) is 0. The highest BCUT2D eigenvalue weighted by Crippen LogP contribution is 2.49. The van der Waals surface area contributed by atoms with Gasteiger partial charge in [0.15, 0.2) is 0 Å². The second-order valence-electron chi connectivity index (χ2n) is 6.36. The molecule has 0 radical (unpaired) electrons. The monoisotopic (exact) mass is 578 g/mol. The van der Waals surface area contributed by atoms with Gasteiger partial charge in [-0.2, -0.15) is 0 Å². The van der Waals surface area contributed by atoms with Crippen LogP contribution >= 0.6 is 63.7 Å². The number of hydrogen-bond acceptors (Lipinski definition) is 0. The van der Waals surface area contributed by atoms with Crippen molar-refractivity contribution >= 4 is 63.7 Å². The molecular weight excluding hydrogens is 560 g/mol. The highest BCUT2D eigenvalue weighted by molar-refractivity contribution is 9.11. The lowest BCUT2D eigenvalue weighted by Crippen LogP contribution is -2.02. The Kier molecular flexibility index (Phi) is 6.84. The van der Waals surface area contributed by atoms with E-state index < -0.39 is 0 Å². The van der Waals surface area contributed by atoms with Crippen LogP contribution in [0.4, 0.5) is 0 Å². The Morgan fingerprint density at radius 1 is 0.542 bits per heavy atom. The zero-order valence-electron chi connectivity index (χ0n) is 14.9. The Balaban J connectivity index is 2.99. The molecule has 0 amide bonds. The van der Waals surface area contributed by atoms with Crippen molar-refractivity contribution in [3.8, 4) is 11.1 Å². The molecule has 0 aliphatic heterocycles. The van der Waals surface area contributed by atoms with E-state index in [0.29, 0.717) is 0 Å². The normalized spacial score (nSPS) is 11.2. The third kappa shape index (κ3) is 3.33. The number of rotatable bonds is 3. The second-order valence-corrected chi connectivity index (χ2v) is 9.53. The average Bonchev–Trinajstić information content (AvgIpc) is 2.56. The summed E-state index contributed by atoms with van der Waals surface area (Å²) in [7, 11) is 0. The number of benzene rings is 2. The van der Waals surface area contributed by atoms with Crippen LogP contribution < -0.4 is 0 Å². The van der Waals surface area contributed by atoms with Crippen molar-refractivity contribution in [2.75, 3.05) is 0 Å². The van der Waals surface area contributed by atoms with Crippen LogP contribution in [0.5, 0.6) is 0 Å². The van der Waals surface area contributed by atoms with Gasteiger partial charge in [-0.15, -0.1) is 0 Å². The van der Waals surface area contributed by atoms with Crippen molar-refractivity contribution in [1.82, 2.24) is 0 Å². The molecule has 0 bridgehead atoms. The number of hydrogen-bond donors (Lipinski definition) is 0. The molecular formula is C20H22Br4. The fourth-order valence-corrected chi connectivity index (χ4v) is 6.56. The van der Waals surface area contributed by atoms with Crippen LogP contribution in [-0.4, -0.2) is 0 Å². The van der Waals surface area contributed by atoms with Gasteiger partial charge in [-0.05, 0) is 138 Å². The lowest BCUT2D eigenvalue weighted by atomic mass is 9.91. The molecule has 24 heavy (non-hydrogen) atoms. The summed E-state index contributed by atoms with van der Waals surface area (Å²) in [5.74, 6) is 0. The van der Waals surface area contributed by atoms with Crippen LogP contribution in [-0.2, 0) is 6.42 Å². The van der Waals surface area contributed by atoms with Crippen LogP contribution in [0.3, 0.4) is 0 Å². The summed E-state index contributed by atoms with van der Waals surface area (Å²) in [5.41, 5.74) is 10.4. The van der Waals surface area contributed by atoms with Crippen molar-refractivity contribution in [3.05, 3.63) is 51.3 Å². The molecule has 130 valence electrons. The smallest absolute Gasteiger partial charge is 0.0300 e. The summed E-state index contributed by atoms with van der Waals surface area (Å²) in [6.07, 6.45) is 2.21. The van der Waals surface area contributed by atoms with Crippen LogP contribution in [0, 0.1) is 34.6 Å². The predicted molar refractivity (Wildman–Crippen MR) is 120 cm³/mol. The third-order valence-electron chi connectivity index (χ3n) is 5.02. The Labute approximate surface area is 179 Å². The summed E-state index contributed by atoms with van der Waals surface area (Å²) < 4.78 is 4.67. The lowest BCUT2D eigenvalue weighted by Gasteiger charge is -2.23. The zero-order valence-corrected chi connectivity index (χ0v) is 21.3. The highest BCUT2D eigenvalue weighted by Gasteiger charge is 2.24. The van der Waals surface area contributed by atoms with Gasteiger partial charge in [-0.1, -0.05) is 13.3 Å². The molecule has 4 heteroatoms. The first-order valence-electron chi connectivity index (χ1n) is 8.07. The molecule has 0 saturated carbocycles. The Morgan fingerprint density at radius 3 is 1.33 bits per heavy atom. The molecule has 0 aromatic heterocycles. The van der Waals surface area contributed by atoms with Crippen molar-refractivity contribution in [1.29, 1.82) is 0 Å². The average molecular weight is 582 g/mol. The predicted octanol–water partition coefficient (Wildman–Crippen LogP) is 8.90. The molecule has 0 atom stereocenters. The van der Waals surface area contributed by atoms with Gasteiger partial charge in [0.1, 0.15) is 0 Å². The minimum atomic E-state index is 1.08. The van der Waals surface area contributed by atoms with Crippen molar-refractivity contribution in [3.63, 3.8) is 0 Å². The molecule has 0 spiro atoms. The quantitative estimate of drug-likeness (QED) is 0.339. The van der Waals surface area contributed by atoms with Gasteiger partial charge >= 0.3 is 0 Å². The summed E-state index contributed by atoms with van der Waals surface area (Å²) in [6, 6.07) is 0. The maximum absolute atomic E-state index is 3.92. The first kappa shape index (κ1) is 20.7. The van der Waals surface area contributed by atoms with Crippen molar-refractivity contribution in [2.45, 2.75) is 54.4 Å². The summed E-state index contributed by atoms with van der Waals surface area (Å²) in [6.45, 7) is 13.2.